The largest absolute Gasteiger partial charge is 0.395 e. The normalized spacial score (nSPS) is 10.7. The van der Waals surface area contributed by atoms with Crippen molar-refractivity contribution in [3.05, 3.63) is 35.9 Å². The minimum atomic E-state index is 0.0662. The summed E-state index contributed by atoms with van der Waals surface area (Å²) in [6.45, 7) is 1.76. The highest BCUT2D eigenvalue weighted by molar-refractivity contribution is 5.77. The molecule has 0 saturated heterocycles. The number of rotatable bonds is 7. The van der Waals surface area contributed by atoms with E-state index in [1.54, 1.807) is 19.0 Å². The van der Waals surface area contributed by atoms with Gasteiger partial charge in [-0.15, -0.1) is 0 Å². The summed E-state index contributed by atoms with van der Waals surface area (Å²) in [6, 6.07) is 10.2. The Morgan fingerprint density at radius 1 is 1.17 bits per heavy atom. The standard InChI is InChI=1S/C14H22N2O2/c1-15(2)14(18)12-16(10-11-17)9-8-13-6-4-3-5-7-13/h3-7,17H,8-12H2,1-2H3. The third-order valence-electron chi connectivity index (χ3n) is 2.83. The second-order valence-corrected chi connectivity index (χ2v) is 4.52. The molecule has 0 fully saturated rings. The molecule has 0 unspecified atom stereocenters. The van der Waals surface area contributed by atoms with Gasteiger partial charge in [0.2, 0.25) is 5.91 Å². The molecule has 1 amide bonds. The van der Waals surface area contributed by atoms with E-state index in [-0.39, 0.29) is 12.5 Å². The summed E-state index contributed by atoms with van der Waals surface area (Å²) in [7, 11) is 3.49. The first kappa shape index (κ1) is 14.7. The van der Waals surface area contributed by atoms with E-state index >= 15 is 0 Å². The maximum atomic E-state index is 11.6. The summed E-state index contributed by atoms with van der Waals surface area (Å²) in [4.78, 5) is 15.2. The van der Waals surface area contributed by atoms with E-state index in [1.807, 2.05) is 23.1 Å². The summed E-state index contributed by atoms with van der Waals surface area (Å²) >= 11 is 0. The Kier molecular flexibility index (Phi) is 6.39. The minimum absolute atomic E-state index is 0.0662. The van der Waals surface area contributed by atoms with Gasteiger partial charge < -0.3 is 10.0 Å². The molecule has 1 aromatic carbocycles. The molecule has 0 aromatic heterocycles. The summed E-state index contributed by atoms with van der Waals surface area (Å²) in [5, 5.41) is 9.02. The van der Waals surface area contributed by atoms with Crippen LogP contribution in [0, 0.1) is 0 Å². The molecule has 0 radical (unpaired) electrons. The van der Waals surface area contributed by atoms with Crippen LogP contribution in [0.3, 0.4) is 0 Å². The topological polar surface area (TPSA) is 43.8 Å². The molecule has 0 atom stereocenters. The van der Waals surface area contributed by atoms with Gasteiger partial charge in [0.1, 0.15) is 0 Å². The van der Waals surface area contributed by atoms with Crippen LogP contribution in [0.25, 0.3) is 0 Å². The maximum absolute atomic E-state index is 11.6. The molecule has 100 valence electrons. The first-order valence-corrected chi connectivity index (χ1v) is 6.20. The molecule has 1 rings (SSSR count). The molecule has 0 bridgehead atoms. The zero-order valence-electron chi connectivity index (χ0n) is 11.2. The number of benzene rings is 1. The zero-order chi connectivity index (χ0) is 13.4. The average molecular weight is 250 g/mol. The van der Waals surface area contributed by atoms with E-state index in [2.05, 4.69) is 12.1 Å². The van der Waals surface area contributed by atoms with Crippen LogP contribution in [0.1, 0.15) is 5.56 Å². The lowest BCUT2D eigenvalue weighted by atomic mass is 10.1. The number of carbonyl (C=O) groups excluding carboxylic acids is 1. The van der Waals surface area contributed by atoms with E-state index in [9.17, 15) is 4.79 Å². The predicted octanol–water partition coefficient (Wildman–Crippen LogP) is 0.612. The van der Waals surface area contributed by atoms with Crippen LogP contribution in [0.15, 0.2) is 30.3 Å². The van der Waals surface area contributed by atoms with Crippen molar-refractivity contribution in [2.75, 3.05) is 40.3 Å². The van der Waals surface area contributed by atoms with Crippen LogP contribution in [0.5, 0.6) is 0 Å². The summed E-state index contributed by atoms with van der Waals surface area (Å²) < 4.78 is 0. The van der Waals surface area contributed by atoms with Gasteiger partial charge in [-0.05, 0) is 12.0 Å². The Hall–Kier alpha value is -1.39. The first-order valence-electron chi connectivity index (χ1n) is 6.20. The van der Waals surface area contributed by atoms with Crippen molar-refractivity contribution >= 4 is 5.91 Å². The Bertz CT molecular complexity index is 352. The van der Waals surface area contributed by atoms with E-state index in [4.69, 9.17) is 5.11 Å². The maximum Gasteiger partial charge on any atom is 0.236 e. The van der Waals surface area contributed by atoms with Gasteiger partial charge in [-0.3, -0.25) is 9.69 Å². The quantitative estimate of drug-likeness (QED) is 0.771. The highest BCUT2D eigenvalue weighted by atomic mass is 16.3. The first-order chi connectivity index (χ1) is 8.63. The van der Waals surface area contributed by atoms with Crippen molar-refractivity contribution in [3.63, 3.8) is 0 Å². The number of aliphatic hydroxyl groups excluding tert-OH is 1. The Labute approximate surface area is 109 Å². The van der Waals surface area contributed by atoms with E-state index in [1.165, 1.54) is 5.56 Å². The van der Waals surface area contributed by atoms with Gasteiger partial charge in [0, 0.05) is 27.2 Å². The lowest BCUT2D eigenvalue weighted by Gasteiger charge is -2.22. The zero-order valence-corrected chi connectivity index (χ0v) is 11.2. The second-order valence-electron chi connectivity index (χ2n) is 4.52. The van der Waals surface area contributed by atoms with Crippen molar-refractivity contribution in [2.45, 2.75) is 6.42 Å². The van der Waals surface area contributed by atoms with Gasteiger partial charge in [-0.25, -0.2) is 0 Å². The predicted molar refractivity (Wildman–Crippen MR) is 72.4 cm³/mol. The van der Waals surface area contributed by atoms with Crippen molar-refractivity contribution in [2.24, 2.45) is 0 Å². The monoisotopic (exact) mass is 250 g/mol. The van der Waals surface area contributed by atoms with Gasteiger partial charge in [0.15, 0.2) is 0 Å². The molecule has 1 N–H and O–H groups in total. The van der Waals surface area contributed by atoms with Crippen molar-refractivity contribution < 1.29 is 9.90 Å². The lowest BCUT2D eigenvalue weighted by molar-refractivity contribution is -0.130. The third-order valence-corrected chi connectivity index (χ3v) is 2.83. The van der Waals surface area contributed by atoms with E-state index in [0.717, 1.165) is 13.0 Å². The lowest BCUT2D eigenvalue weighted by Crippen LogP contribution is -2.39. The van der Waals surface area contributed by atoms with E-state index in [0.29, 0.717) is 13.1 Å². The smallest absolute Gasteiger partial charge is 0.236 e. The SMILES string of the molecule is CN(C)C(=O)CN(CCO)CCc1ccccc1. The highest BCUT2D eigenvalue weighted by Crippen LogP contribution is 2.01. The Morgan fingerprint density at radius 2 is 1.83 bits per heavy atom. The number of nitrogens with zero attached hydrogens (tertiary/aromatic N) is 2. The fourth-order valence-electron chi connectivity index (χ4n) is 1.68. The summed E-state index contributed by atoms with van der Waals surface area (Å²) in [6.07, 6.45) is 0.890. The average Bonchev–Trinajstić information content (AvgIpc) is 2.37. The number of hydrogen-bond donors (Lipinski definition) is 1. The molecular formula is C14H22N2O2. The fourth-order valence-corrected chi connectivity index (χ4v) is 1.68. The van der Waals surface area contributed by atoms with Crippen LogP contribution in [0.4, 0.5) is 0 Å². The van der Waals surface area contributed by atoms with Gasteiger partial charge in [0.25, 0.3) is 0 Å². The Morgan fingerprint density at radius 3 is 2.39 bits per heavy atom. The fraction of sp³-hybridized carbons (Fsp3) is 0.500. The molecular weight excluding hydrogens is 228 g/mol. The van der Waals surface area contributed by atoms with Crippen LogP contribution in [-0.4, -0.2) is 61.2 Å². The molecule has 1 aromatic rings. The van der Waals surface area contributed by atoms with Gasteiger partial charge in [-0.1, -0.05) is 30.3 Å². The van der Waals surface area contributed by atoms with Crippen molar-refractivity contribution in [3.8, 4) is 0 Å². The molecule has 4 nitrogen and oxygen atoms in total. The van der Waals surface area contributed by atoms with Crippen molar-refractivity contribution in [1.29, 1.82) is 0 Å². The van der Waals surface area contributed by atoms with E-state index < -0.39 is 0 Å². The number of hydrogen-bond acceptors (Lipinski definition) is 3. The molecule has 18 heavy (non-hydrogen) atoms. The molecule has 4 heteroatoms. The minimum Gasteiger partial charge on any atom is -0.395 e. The van der Waals surface area contributed by atoms with Crippen LogP contribution >= 0.6 is 0 Å². The molecule has 0 aliphatic carbocycles. The summed E-state index contributed by atoms with van der Waals surface area (Å²) in [5.74, 6) is 0.0662. The molecule has 0 saturated carbocycles. The highest BCUT2D eigenvalue weighted by Gasteiger charge is 2.11. The van der Waals surface area contributed by atoms with Gasteiger partial charge in [-0.2, -0.15) is 0 Å². The molecule has 0 spiro atoms. The van der Waals surface area contributed by atoms with Gasteiger partial charge in [0.05, 0.1) is 13.2 Å². The van der Waals surface area contributed by atoms with Crippen molar-refractivity contribution in [1.82, 2.24) is 9.80 Å². The van der Waals surface area contributed by atoms with Crippen LogP contribution in [0.2, 0.25) is 0 Å². The Balaban J connectivity index is 2.45. The second kappa shape index (κ2) is 7.84. The van der Waals surface area contributed by atoms with Crippen LogP contribution in [-0.2, 0) is 11.2 Å². The molecule has 0 heterocycles. The number of carbonyl (C=O) groups is 1. The summed E-state index contributed by atoms with van der Waals surface area (Å²) in [5.41, 5.74) is 1.25. The van der Waals surface area contributed by atoms with Crippen LogP contribution < -0.4 is 0 Å². The number of amides is 1. The number of aliphatic hydroxyl groups is 1. The molecule has 0 aliphatic heterocycles. The number of likely N-dealkylation sites (N-methyl/N-ethyl adjacent to an activating group) is 1. The third kappa shape index (κ3) is 5.29. The molecule has 0 aliphatic rings. The van der Waals surface area contributed by atoms with Gasteiger partial charge >= 0.3 is 0 Å².